The molecule has 0 fully saturated rings. The van der Waals surface area contributed by atoms with Crippen LogP contribution in [0.1, 0.15) is 34.9 Å². The molecule has 1 nitrogen and oxygen atoms in total. The second-order valence-electron chi connectivity index (χ2n) is 3.85. The van der Waals surface area contributed by atoms with E-state index in [0.29, 0.717) is 0 Å². The van der Waals surface area contributed by atoms with Crippen LogP contribution in [0.4, 0.5) is 0 Å². The first-order chi connectivity index (χ1) is 6.68. The molecule has 0 aliphatic heterocycles. The molecule has 0 N–H and O–H groups in total. The van der Waals surface area contributed by atoms with Gasteiger partial charge in [0.1, 0.15) is 5.78 Å². The van der Waals surface area contributed by atoms with E-state index in [2.05, 4.69) is 34.1 Å². The zero-order chi connectivity index (χ0) is 10.1. The fourth-order valence-corrected chi connectivity index (χ4v) is 2.27. The minimum Gasteiger partial charge on any atom is -0.298 e. The first-order valence-corrected chi connectivity index (χ1v) is 5.86. The van der Waals surface area contributed by atoms with E-state index >= 15 is 0 Å². The Kier molecular flexibility index (Phi) is 2.73. The molecule has 1 unspecified atom stereocenters. The van der Waals surface area contributed by atoms with Gasteiger partial charge in [-0.05, 0) is 42.9 Å². The highest BCUT2D eigenvalue weighted by Gasteiger charge is 2.16. The molecule has 0 aromatic heterocycles. The van der Waals surface area contributed by atoms with E-state index in [9.17, 15) is 4.79 Å². The average molecular weight is 253 g/mol. The minimum absolute atomic E-state index is 0.131. The number of carbonyl (C=O) groups is 1. The minimum atomic E-state index is -0.131. The Morgan fingerprint density at radius 2 is 2.07 bits per heavy atom. The van der Waals surface area contributed by atoms with Crippen molar-refractivity contribution < 1.29 is 4.79 Å². The van der Waals surface area contributed by atoms with E-state index in [1.807, 2.05) is 0 Å². The second kappa shape index (κ2) is 3.85. The molecule has 0 saturated heterocycles. The number of fused-ring (bicyclic) bond motifs is 1. The molecule has 0 heterocycles. The van der Waals surface area contributed by atoms with Crippen LogP contribution in [-0.2, 0) is 17.6 Å². The lowest BCUT2D eigenvalue weighted by atomic mass is 10.0. The maximum absolute atomic E-state index is 11.2. The van der Waals surface area contributed by atoms with Crippen LogP contribution in [0.2, 0.25) is 0 Å². The van der Waals surface area contributed by atoms with Gasteiger partial charge in [-0.25, -0.2) is 0 Å². The molecular weight excluding hydrogens is 240 g/mol. The number of aryl methyl sites for hydroxylation is 2. The van der Waals surface area contributed by atoms with E-state index < -0.39 is 0 Å². The average Bonchev–Trinajstić information content (AvgIpc) is 2.62. The molecule has 1 aliphatic carbocycles. The van der Waals surface area contributed by atoms with Gasteiger partial charge in [0.15, 0.2) is 0 Å². The highest BCUT2D eigenvalue weighted by molar-refractivity contribution is 9.09. The van der Waals surface area contributed by atoms with Gasteiger partial charge in [0, 0.05) is 0 Å². The molecule has 2 rings (SSSR count). The van der Waals surface area contributed by atoms with Crippen LogP contribution in [0.3, 0.4) is 0 Å². The number of rotatable bonds is 2. The van der Waals surface area contributed by atoms with Crippen molar-refractivity contribution in [1.82, 2.24) is 0 Å². The summed E-state index contributed by atoms with van der Waals surface area (Å²) >= 11 is 3.41. The van der Waals surface area contributed by atoms with Gasteiger partial charge in [-0.1, -0.05) is 34.1 Å². The SMILES string of the molecule is CC(=O)C(Br)c1ccc2c(c1)CCC2. The summed E-state index contributed by atoms with van der Waals surface area (Å²) in [5.74, 6) is 0.169. The molecule has 1 atom stereocenters. The van der Waals surface area contributed by atoms with E-state index in [1.165, 1.54) is 30.4 Å². The molecule has 0 saturated carbocycles. The molecule has 0 spiro atoms. The summed E-state index contributed by atoms with van der Waals surface area (Å²) in [6.07, 6.45) is 3.62. The van der Waals surface area contributed by atoms with E-state index in [0.717, 1.165) is 5.56 Å². The summed E-state index contributed by atoms with van der Waals surface area (Å²) in [4.78, 5) is 11.1. The number of halogens is 1. The zero-order valence-corrected chi connectivity index (χ0v) is 9.80. The lowest BCUT2D eigenvalue weighted by Gasteiger charge is -2.08. The van der Waals surface area contributed by atoms with Gasteiger partial charge < -0.3 is 0 Å². The Hall–Kier alpha value is -0.630. The Morgan fingerprint density at radius 1 is 1.36 bits per heavy atom. The number of hydrogen-bond acceptors (Lipinski definition) is 1. The van der Waals surface area contributed by atoms with Gasteiger partial charge in [0.2, 0.25) is 0 Å². The number of hydrogen-bond donors (Lipinski definition) is 0. The highest BCUT2D eigenvalue weighted by Crippen LogP contribution is 2.29. The third kappa shape index (κ3) is 1.76. The van der Waals surface area contributed by atoms with Gasteiger partial charge in [-0.3, -0.25) is 4.79 Å². The Labute approximate surface area is 92.6 Å². The molecule has 0 bridgehead atoms. The largest absolute Gasteiger partial charge is 0.298 e. The van der Waals surface area contributed by atoms with Crippen molar-refractivity contribution in [1.29, 1.82) is 0 Å². The van der Waals surface area contributed by atoms with Crippen LogP contribution < -0.4 is 0 Å². The maximum Gasteiger partial charge on any atom is 0.147 e. The number of ketones is 1. The smallest absolute Gasteiger partial charge is 0.147 e. The number of Topliss-reactive ketones (excluding diaryl/α,β-unsaturated/α-hetero) is 1. The summed E-state index contributed by atoms with van der Waals surface area (Å²) in [7, 11) is 0. The first kappa shape index (κ1) is 9.91. The quantitative estimate of drug-likeness (QED) is 0.740. The highest BCUT2D eigenvalue weighted by atomic mass is 79.9. The van der Waals surface area contributed by atoms with Crippen LogP contribution in [0.25, 0.3) is 0 Å². The van der Waals surface area contributed by atoms with E-state index in [-0.39, 0.29) is 10.6 Å². The molecule has 1 aromatic carbocycles. The van der Waals surface area contributed by atoms with Crippen molar-refractivity contribution in [3.8, 4) is 0 Å². The molecule has 1 aromatic rings. The number of benzene rings is 1. The van der Waals surface area contributed by atoms with Crippen molar-refractivity contribution in [3.63, 3.8) is 0 Å². The van der Waals surface area contributed by atoms with E-state index in [1.54, 1.807) is 6.92 Å². The summed E-state index contributed by atoms with van der Waals surface area (Å²) < 4.78 is 0. The van der Waals surface area contributed by atoms with Crippen LogP contribution in [0.15, 0.2) is 18.2 Å². The molecule has 74 valence electrons. The van der Waals surface area contributed by atoms with E-state index in [4.69, 9.17) is 0 Å². The lowest BCUT2D eigenvalue weighted by Crippen LogP contribution is -2.01. The standard InChI is InChI=1S/C12H13BrO/c1-8(14)12(13)11-6-5-9-3-2-4-10(9)7-11/h5-7,12H,2-4H2,1H3. The Balaban J connectivity index is 2.33. The monoisotopic (exact) mass is 252 g/mol. The normalized spacial score (nSPS) is 16.4. The lowest BCUT2D eigenvalue weighted by molar-refractivity contribution is -0.116. The molecule has 0 radical (unpaired) electrons. The summed E-state index contributed by atoms with van der Waals surface area (Å²) in [5, 5.41) is 0. The summed E-state index contributed by atoms with van der Waals surface area (Å²) in [6, 6.07) is 6.39. The van der Waals surface area contributed by atoms with Crippen LogP contribution in [0, 0.1) is 0 Å². The van der Waals surface area contributed by atoms with Crippen molar-refractivity contribution in [2.45, 2.75) is 31.0 Å². The van der Waals surface area contributed by atoms with Crippen molar-refractivity contribution >= 4 is 21.7 Å². The fraction of sp³-hybridized carbons (Fsp3) is 0.417. The maximum atomic E-state index is 11.2. The van der Waals surface area contributed by atoms with Crippen LogP contribution in [0.5, 0.6) is 0 Å². The zero-order valence-electron chi connectivity index (χ0n) is 8.22. The molecule has 1 aliphatic rings. The molecule has 2 heteroatoms. The van der Waals surface area contributed by atoms with Gasteiger partial charge >= 0.3 is 0 Å². The van der Waals surface area contributed by atoms with Crippen molar-refractivity contribution in [2.24, 2.45) is 0 Å². The third-order valence-electron chi connectivity index (χ3n) is 2.77. The Morgan fingerprint density at radius 3 is 2.79 bits per heavy atom. The molecule has 14 heavy (non-hydrogen) atoms. The van der Waals surface area contributed by atoms with Gasteiger partial charge in [-0.15, -0.1) is 0 Å². The number of carbonyl (C=O) groups excluding carboxylic acids is 1. The van der Waals surface area contributed by atoms with Gasteiger partial charge in [-0.2, -0.15) is 0 Å². The number of alkyl halides is 1. The van der Waals surface area contributed by atoms with Crippen LogP contribution in [-0.4, -0.2) is 5.78 Å². The second-order valence-corrected chi connectivity index (χ2v) is 4.77. The third-order valence-corrected chi connectivity index (χ3v) is 3.95. The molecule has 0 amide bonds. The first-order valence-electron chi connectivity index (χ1n) is 4.94. The van der Waals surface area contributed by atoms with Crippen molar-refractivity contribution in [2.75, 3.05) is 0 Å². The predicted octanol–water partition coefficient (Wildman–Crippen LogP) is 3.20. The predicted molar refractivity (Wildman–Crippen MR) is 60.8 cm³/mol. The summed E-state index contributed by atoms with van der Waals surface area (Å²) in [6.45, 7) is 1.62. The molecular formula is C12H13BrO. The topological polar surface area (TPSA) is 17.1 Å². The van der Waals surface area contributed by atoms with Crippen molar-refractivity contribution in [3.05, 3.63) is 34.9 Å². The fourth-order valence-electron chi connectivity index (χ4n) is 1.98. The van der Waals surface area contributed by atoms with Crippen LogP contribution >= 0.6 is 15.9 Å². The van der Waals surface area contributed by atoms with Gasteiger partial charge in [0.05, 0.1) is 4.83 Å². The van der Waals surface area contributed by atoms with Gasteiger partial charge in [0.25, 0.3) is 0 Å². The Bertz CT molecular complexity index is 371. The summed E-state index contributed by atoms with van der Waals surface area (Å²) in [5.41, 5.74) is 3.98.